The summed E-state index contributed by atoms with van der Waals surface area (Å²) in [4.78, 5) is 9.32. The summed E-state index contributed by atoms with van der Waals surface area (Å²) < 4.78 is 0.118. The van der Waals surface area contributed by atoms with E-state index < -0.39 is 21.5 Å². The molecule has 38 heavy (non-hydrogen) atoms. The van der Waals surface area contributed by atoms with Gasteiger partial charge in [-0.15, -0.1) is 0 Å². The van der Waals surface area contributed by atoms with Crippen LogP contribution >= 0.6 is 17.0 Å². The Morgan fingerprint density at radius 1 is 0.658 bits per heavy atom. The summed E-state index contributed by atoms with van der Waals surface area (Å²) in [7, 11) is 16.5. The third-order valence-corrected chi connectivity index (χ3v) is 60.7. The number of pyridine rings is 2. The zero-order valence-electron chi connectivity index (χ0n) is 22.1. The van der Waals surface area contributed by atoms with Crippen molar-refractivity contribution in [2.24, 2.45) is 0 Å². The van der Waals surface area contributed by atoms with Crippen LogP contribution in [0.2, 0.25) is 13.1 Å². The molecule has 0 saturated heterocycles. The van der Waals surface area contributed by atoms with Gasteiger partial charge in [0, 0.05) is 0 Å². The first-order valence-electron chi connectivity index (χ1n) is 13.2. The number of aromatic nitrogens is 2. The molecule has 0 fully saturated rings. The molecule has 0 amide bonds. The molecule has 0 spiro atoms. The van der Waals surface area contributed by atoms with Crippen LogP contribution < -0.4 is 0 Å². The van der Waals surface area contributed by atoms with Gasteiger partial charge < -0.3 is 0 Å². The first-order valence-corrected chi connectivity index (χ1v) is 29.6. The molecule has 2 nitrogen and oxygen atoms in total. The molecule has 2 aromatic carbocycles. The fourth-order valence-electron chi connectivity index (χ4n) is 6.57. The Morgan fingerprint density at radius 2 is 1.11 bits per heavy atom. The minimum absolute atomic E-state index is 0.0589. The fourth-order valence-corrected chi connectivity index (χ4v) is 34.0. The first kappa shape index (κ1) is 26.1. The average molecular weight is 634 g/mol. The third kappa shape index (κ3) is 3.83. The number of hydrogen-bond donors (Lipinski definition) is 0. The van der Waals surface area contributed by atoms with Crippen molar-refractivity contribution in [2.45, 2.75) is 34.2 Å². The van der Waals surface area contributed by atoms with Gasteiger partial charge in [-0.3, -0.25) is 0 Å². The van der Waals surface area contributed by atoms with Crippen LogP contribution in [0.25, 0.3) is 34.7 Å². The maximum atomic E-state index is 8.24. The zero-order valence-corrected chi connectivity index (χ0v) is 27.2. The number of benzene rings is 2. The van der Waals surface area contributed by atoms with Crippen LogP contribution in [0.4, 0.5) is 0 Å². The van der Waals surface area contributed by atoms with Crippen LogP contribution in [0.3, 0.4) is 0 Å². The molecule has 4 aromatic rings. The second kappa shape index (κ2) is 9.52. The standard InChI is InChI=1S/2C15H12N.C2H7Si.2ClH.Zr/c2*1-11-8-9-14(13-6-4-5-12(11)13)15-7-2-3-10-16-15;1-3-2;;;/h2*2-10H,1H3;3H,1-2H3;2*1H;/q;;;;;+2/p-2. The van der Waals surface area contributed by atoms with Crippen molar-refractivity contribution >= 4 is 35.1 Å². The van der Waals surface area contributed by atoms with E-state index in [9.17, 15) is 0 Å². The predicted octanol–water partition coefficient (Wildman–Crippen LogP) is 9.24. The third-order valence-electron chi connectivity index (χ3n) is 8.72. The Bertz CT molecular complexity index is 1500. The van der Waals surface area contributed by atoms with E-state index in [1.807, 2.05) is 36.7 Å². The Hall–Kier alpha value is -2.10. The van der Waals surface area contributed by atoms with E-state index in [0.717, 1.165) is 22.5 Å². The Morgan fingerprint density at radius 3 is 1.47 bits per heavy atom. The van der Waals surface area contributed by atoms with Gasteiger partial charge in [0.15, 0.2) is 0 Å². The summed E-state index contributed by atoms with van der Waals surface area (Å²) in [5.74, 6) is -1.55. The average Bonchev–Trinajstić information content (AvgIpc) is 3.58. The molecule has 6 heteroatoms. The van der Waals surface area contributed by atoms with Gasteiger partial charge in [0.1, 0.15) is 0 Å². The van der Waals surface area contributed by atoms with Gasteiger partial charge in [-0.25, -0.2) is 0 Å². The van der Waals surface area contributed by atoms with Crippen LogP contribution in [0.5, 0.6) is 0 Å². The molecule has 0 aliphatic heterocycles. The van der Waals surface area contributed by atoms with E-state index in [0.29, 0.717) is 0 Å². The topological polar surface area (TPSA) is 25.8 Å². The van der Waals surface area contributed by atoms with Gasteiger partial charge in [0.25, 0.3) is 0 Å². The number of aryl methyl sites for hydroxylation is 2. The Balaban J connectivity index is 1.55. The van der Waals surface area contributed by atoms with Crippen molar-refractivity contribution in [2.75, 3.05) is 0 Å². The van der Waals surface area contributed by atoms with Crippen LogP contribution in [-0.2, 0) is 15.6 Å². The molecular weight excluding hydrogens is 603 g/mol. The van der Waals surface area contributed by atoms with Crippen molar-refractivity contribution in [3.63, 3.8) is 0 Å². The van der Waals surface area contributed by atoms with Crippen molar-refractivity contribution < 1.29 is 15.6 Å². The van der Waals surface area contributed by atoms with Gasteiger partial charge in [0.05, 0.1) is 0 Å². The molecule has 2 heterocycles. The van der Waals surface area contributed by atoms with Gasteiger partial charge in [-0.05, 0) is 0 Å². The number of halogens is 2. The van der Waals surface area contributed by atoms with Crippen LogP contribution in [-0.4, -0.2) is 15.9 Å². The molecule has 0 bridgehead atoms. The predicted molar refractivity (Wildman–Crippen MR) is 163 cm³/mol. The number of nitrogens with zero attached hydrogens (tertiary/aromatic N) is 2. The van der Waals surface area contributed by atoms with Gasteiger partial charge >= 0.3 is 236 Å². The van der Waals surface area contributed by atoms with Crippen LogP contribution in [0, 0.1) is 13.8 Å². The van der Waals surface area contributed by atoms with E-state index >= 15 is 0 Å². The van der Waals surface area contributed by atoms with Crippen molar-refractivity contribution in [3.05, 3.63) is 119 Å². The Kier molecular flexibility index (Phi) is 6.55. The normalized spacial score (nSPS) is 18.9. The number of allylic oxidation sites excluding steroid dienone is 2. The monoisotopic (exact) mass is 631 g/mol. The zero-order chi connectivity index (χ0) is 26.7. The first-order chi connectivity index (χ1) is 18.2. The summed E-state index contributed by atoms with van der Waals surface area (Å²) in [5.41, 5.74) is 11.9. The molecular formula is C32H31Cl2N2SiZr. The molecule has 0 radical (unpaired) electrons. The van der Waals surface area contributed by atoms with Crippen molar-refractivity contribution in [3.8, 4) is 22.5 Å². The second-order valence-corrected chi connectivity index (χ2v) is 53.7. The fraction of sp³-hybridized carbons (Fsp3) is 0.188. The second-order valence-electron chi connectivity index (χ2n) is 11.0. The van der Waals surface area contributed by atoms with E-state index in [1.165, 1.54) is 33.4 Å². The number of fused-ring (bicyclic) bond motifs is 2. The number of rotatable bonds is 5. The maximum absolute atomic E-state index is 8.24. The van der Waals surface area contributed by atoms with Gasteiger partial charge in [-0.2, -0.15) is 0 Å². The number of hydrogen-bond acceptors (Lipinski definition) is 2. The Labute approximate surface area is 234 Å². The molecule has 6 rings (SSSR count). The summed E-state index contributed by atoms with van der Waals surface area (Å²) in [6.07, 6.45) is 12.9. The van der Waals surface area contributed by atoms with E-state index in [2.05, 4.69) is 97.6 Å². The summed E-state index contributed by atoms with van der Waals surface area (Å²) >= 11 is -4.63. The molecule has 2 aliphatic carbocycles. The van der Waals surface area contributed by atoms with Crippen LogP contribution in [0.1, 0.15) is 40.6 Å². The van der Waals surface area contributed by atoms with E-state index in [-0.39, 0.29) is 7.25 Å². The molecule has 2 atom stereocenters. The van der Waals surface area contributed by atoms with Crippen LogP contribution in [0.15, 0.2) is 85.2 Å². The van der Waals surface area contributed by atoms with E-state index in [4.69, 9.17) is 17.0 Å². The molecule has 191 valence electrons. The van der Waals surface area contributed by atoms with Crippen molar-refractivity contribution in [1.29, 1.82) is 0 Å². The van der Waals surface area contributed by atoms with Gasteiger partial charge in [0.2, 0.25) is 0 Å². The molecule has 2 aromatic heterocycles. The summed E-state index contributed by atoms with van der Waals surface area (Å²) in [6, 6.07) is 21.0. The molecule has 0 saturated carbocycles. The quantitative estimate of drug-likeness (QED) is 0.205. The minimum atomic E-state index is -4.63. The SMILES string of the molecule is Cc1ccc(-c2ccccn2)c2c1[CH]([Zr]([Cl])([Cl])([CH]1C=Cc3c(-c4ccccn4)ccc(C)c31)[SiH](C)C)C=C2. The molecule has 2 aliphatic rings. The molecule has 2 unspecified atom stereocenters. The van der Waals surface area contributed by atoms with Crippen molar-refractivity contribution in [1.82, 2.24) is 9.97 Å². The summed E-state index contributed by atoms with van der Waals surface area (Å²) in [6.45, 7) is 9.15. The van der Waals surface area contributed by atoms with E-state index in [1.54, 1.807) is 0 Å². The summed E-state index contributed by atoms with van der Waals surface area (Å²) in [5, 5.41) is 0. The van der Waals surface area contributed by atoms with Gasteiger partial charge in [-0.1, -0.05) is 0 Å². The molecule has 0 N–H and O–H groups in total.